The van der Waals surface area contributed by atoms with Crippen LogP contribution < -0.4 is 4.74 Å². The van der Waals surface area contributed by atoms with Gasteiger partial charge in [0.1, 0.15) is 12.0 Å². The van der Waals surface area contributed by atoms with Crippen molar-refractivity contribution in [3.8, 4) is 5.88 Å². The molecule has 3 heterocycles. The molecule has 0 spiro atoms. The van der Waals surface area contributed by atoms with E-state index in [4.69, 9.17) is 16.3 Å². The Hall–Kier alpha value is -1.40. The highest BCUT2D eigenvalue weighted by Crippen LogP contribution is 2.22. The van der Waals surface area contributed by atoms with Gasteiger partial charge in [-0.25, -0.2) is 0 Å². The van der Waals surface area contributed by atoms with Crippen molar-refractivity contribution in [1.29, 1.82) is 0 Å². The average molecular weight is 268 g/mol. The molecule has 3 rings (SSSR count). The zero-order valence-electron chi connectivity index (χ0n) is 9.90. The van der Waals surface area contributed by atoms with Gasteiger partial charge in [0.2, 0.25) is 11.2 Å². The van der Waals surface area contributed by atoms with Crippen LogP contribution in [0.15, 0.2) is 6.20 Å². The summed E-state index contributed by atoms with van der Waals surface area (Å²) in [6, 6.07) is 0. The van der Waals surface area contributed by atoms with Crippen LogP contribution in [-0.2, 0) is 0 Å². The topological polar surface area (TPSA) is 66.9 Å². The fourth-order valence-corrected chi connectivity index (χ4v) is 2.33. The smallest absolute Gasteiger partial charge is 0.229 e. The van der Waals surface area contributed by atoms with Gasteiger partial charge in [-0.2, -0.15) is 15.1 Å². The lowest BCUT2D eigenvalue weighted by Crippen LogP contribution is -2.25. The summed E-state index contributed by atoms with van der Waals surface area (Å²) >= 11 is 5.83. The molecule has 0 atom stereocenters. The number of aromatic amines is 1. The molecule has 0 radical (unpaired) electrons. The molecule has 1 fully saturated rings. The maximum atomic E-state index is 5.83. The van der Waals surface area contributed by atoms with Gasteiger partial charge in [-0.05, 0) is 37.5 Å². The summed E-state index contributed by atoms with van der Waals surface area (Å²) in [6.45, 7) is 3.85. The molecule has 0 aliphatic carbocycles. The number of H-pyrrole nitrogens is 1. The highest BCUT2D eigenvalue weighted by atomic mass is 35.5. The maximum absolute atomic E-state index is 5.83. The van der Waals surface area contributed by atoms with Gasteiger partial charge in [-0.3, -0.25) is 10.00 Å². The summed E-state index contributed by atoms with van der Waals surface area (Å²) in [7, 11) is 0. The van der Waals surface area contributed by atoms with Crippen LogP contribution in [0.3, 0.4) is 0 Å². The number of halogens is 1. The Labute approximate surface area is 109 Å². The lowest BCUT2D eigenvalue weighted by molar-refractivity contribution is 0.234. The molecule has 1 saturated heterocycles. The zero-order chi connectivity index (χ0) is 12.4. The standard InChI is InChI=1S/C11H14ClN5O/c12-11-14-9-8(7-13-16-9)10(15-11)18-6-5-17-3-1-2-4-17/h7H,1-6H2,(H,13,14,15,16). The van der Waals surface area contributed by atoms with E-state index in [1.807, 2.05) is 0 Å². The van der Waals surface area contributed by atoms with Crippen LogP contribution in [0.1, 0.15) is 12.8 Å². The third-order valence-electron chi connectivity index (χ3n) is 3.09. The Morgan fingerprint density at radius 1 is 1.33 bits per heavy atom. The molecular formula is C11H14ClN5O. The van der Waals surface area contributed by atoms with Crippen molar-refractivity contribution in [3.63, 3.8) is 0 Å². The van der Waals surface area contributed by atoms with Crippen molar-refractivity contribution in [3.05, 3.63) is 11.5 Å². The van der Waals surface area contributed by atoms with Crippen LogP contribution in [0.4, 0.5) is 0 Å². The number of hydrogen-bond donors (Lipinski definition) is 1. The molecule has 1 N–H and O–H groups in total. The third kappa shape index (κ3) is 2.39. The van der Waals surface area contributed by atoms with Crippen LogP contribution in [0.5, 0.6) is 5.88 Å². The normalized spacial score (nSPS) is 16.5. The van der Waals surface area contributed by atoms with Gasteiger partial charge in [0.15, 0.2) is 5.65 Å². The fourth-order valence-electron chi connectivity index (χ4n) is 2.17. The minimum Gasteiger partial charge on any atom is -0.476 e. The van der Waals surface area contributed by atoms with E-state index in [0.29, 0.717) is 18.1 Å². The van der Waals surface area contributed by atoms with Gasteiger partial charge in [0.25, 0.3) is 0 Å². The summed E-state index contributed by atoms with van der Waals surface area (Å²) in [5.41, 5.74) is 0.603. The molecule has 0 bridgehead atoms. The van der Waals surface area contributed by atoms with Crippen molar-refractivity contribution < 1.29 is 4.74 Å². The summed E-state index contributed by atoms with van der Waals surface area (Å²) in [4.78, 5) is 10.5. The molecule has 96 valence electrons. The fraction of sp³-hybridized carbons (Fsp3) is 0.545. The van der Waals surface area contributed by atoms with E-state index < -0.39 is 0 Å². The molecule has 7 heteroatoms. The number of ether oxygens (including phenoxy) is 1. The largest absolute Gasteiger partial charge is 0.476 e. The first kappa shape index (κ1) is 11.7. The first-order valence-corrected chi connectivity index (χ1v) is 6.42. The minimum atomic E-state index is 0.169. The number of rotatable bonds is 4. The molecule has 1 aliphatic rings. The summed E-state index contributed by atoms with van der Waals surface area (Å²) in [5.74, 6) is 0.498. The lowest BCUT2D eigenvalue weighted by atomic mass is 10.4. The maximum Gasteiger partial charge on any atom is 0.229 e. The van der Waals surface area contributed by atoms with Crippen LogP contribution in [0.25, 0.3) is 11.0 Å². The molecule has 1 aliphatic heterocycles. The van der Waals surface area contributed by atoms with Crippen LogP contribution in [0.2, 0.25) is 5.28 Å². The Morgan fingerprint density at radius 2 is 2.17 bits per heavy atom. The molecule has 0 aromatic carbocycles. The van der Waals surface area contributed by atoms with Crippen molar-refractivity contribution in [1.82, 2.24) is 25.1 Å². The molecule has 18 heavy (non-hydrogen) atoms. The number of aromatic nitrogens is 4. The number of nitrogens with zero attached hydrogens (tertiary/aromatic N) is 4. The number of likely N-dealkylation sites (tertiary alicyclic amines) is 1. The van der Waals surface area contributed by atoms with Crippen molar-refractivity contribution in [2.45, 2.75) is 12.8 Å². The minimum absolute atomic E-state index is 0.169. The van der Waals surface area contributed by atoms with Gasteiger partial charge < -0.3 is 4.74 Å². The molecule has 0 unspecified atom stereocenters. The highest BCUT2D eigenvalue weighted by molar-refractivity contribution is 6.28. The SMILES string of the molecule is Clc1nc(OCCN2CCCC2)c2cn[nH]c2n1. The molecule has 2 aromatic rings. The first-order valence-electron chi connectivity index (χ1n) is 6.05. The monoisotopic (exact) mass is 267 g/mol. The molecule has 0 saturated carbocycles. The quantitative estimate of drug-likeness (QED) is 0.850. The predicted octanol–water partition coefficient (Wildman–Crippen LogP) is 1.48. The molecular weight excluding hydrogens is 254 g/mol. The number of fused-ring (bicyclic) bond motifs is 1. The third-order valence-corrected chi connectivity index (χ3v) is 3.26. The van der Waals surface area contributed by atoms with Gasteiger partial charge in [0, 0.05) is 6.54 Å². The van der Waals surface area contributed by atoms with E-state index in [1.165, 1.54) is 12.8 Å². The van der Waals surface area contributed by atoms with E-state index >= 15 is 0 Å². The van der Waals surface area contributed by atoms with Gasteiger partial charge in [-0.15, -0.1) is 0 Å². The number of nitrogens with one attached hydrogen (secondary N) is 1. The van der Waals surface area contributed by atoms with Crippen molar-refractivity contribution in [2.75, 3.05) is 26.2 Å². The van der Waals surface area contributed by atoms with Crippen LogP contribution in [-0.4, -0.2) is 51.3 Å². The predicted molar refractivity (Wildman–Crippen MR) is 67.9 cm³/mol. The van der Waals surface area contributed by atoms with Crippen LogP contribution >= 0.6 is 11.6 Å². The van der Waals surface area contributed by atoms with Gasteiger partial charge >= 0.3 is 0 Å². The van der Waals surface area contributed by atoms with E-state index in [1.54, 1.807) is 6.20 Å². The summed E-state index contributed by atoms with van der Waals surface area (Å²) < 4.78 is 5.68. The Balaban J connectivity index is 1.67. The lowest BCUT2D eigenvalue weighted by Gasteiger charge is -2.14. The first-order chi connectivity index (χ1) is 8.83. The molecule has 0 amide bonds. The Bertz CT molecular complexity index is 537. The molecule has 2 aromatic heterocycles. The highest BCUT2D eigenvalue weighted by Gasteiger charge is 2.13. The van der Waals surface area contributed by atoms with E-state index in [9.17, 15) is 0 Å². The van der Waals surface area contributed by atoms with Crippen LogP contribution in [0, 0.1) is 0 Å². The van der Waals surface area contributed by atoms with E-state index in [0.717, 1.165) is 25.0 Å². The summed E-state index contributed by atoms with van der Waals surface area (Å²) in [5, 5.41) is 7.60. The van der Waals surface area contributed by atoms with Gasteiger partial charge in [0.05, 0.1) is 6.20 Å². The summed E-state index contributed by atoms with van der Waals surface area (Å²) in [6.07, 6.45) is 4.22. The molecule has 6 nitrogen and oxygen atoms in total. The van der Waals surface area contributed by atoms with E-state index in [-0.39, 0.29) is 5.28 Å². The van der Waals surface area contributed by atoms with E-state index in [2.05, 4.69) is 25.1 Å². The second-order valence-electron chi connectivity index (χ2n) is 4.33. The van der Waals surface area contributed by atoms with Gasteiger partial charge in [-0.1, -0.05) is 0 Å². The second-order valence-corrected chi connectivity index (χ2v) is 4.67. The van der Waals surface area contributed by atoms with Crippen molar-refractivity contribution >= 4 is 22.6 Å². The van der Waals surface area contributed by atoms with Crippen molar-refractivity contribution in [2.24, 2.45) is 0 Å². The zero-order valence-corrected chi connectivity index (χ0v) is 10.7. The second kappa shape index (κ2) is 5.07. The Kier molecular flexibility index (Phi) is 3.29. The average Bonchev–Trinajstić information content (AvgIpc) is 2.98. The number of hydrogen-bond acceptors (Lipinski definition) is 5. The Morgan fingerprint density at radius 3 is 3.00 bits per heavy atom.